The smallest absolute Gasteiger partial charge is 0.228 e. The molecule has 0 aromatic carbocycles. The zero-order valence-electron chi connectivity index (χ0n) is 13.8. The van der Waals surface area contributed by atoms with Crippen molar-refractivity contribution in [2.75, 3.05) is 40.8 Å². The predicted octanol–water partition coefficient (Wildman–Crippen LogP) is 0.0866. The predicted molar refractivity (Wildman–Crippen MR) is 83.0 cm³/mol. The highest BCUT2D eigenvalue weighted by atomic mass is 16.2. The summed E-state index contributed by atoms with van der Waals surface area (Å²) in [6.07, 6.45) is 0.316. The van der Waals surface area contributed by atoms with Crippen LogP contribution in [-0.2, 0) is 16.1 Å². The van der Waals surface area contributed by atoms with Crippen LogP contribution in [-0.4, -0.2) is 77.5 Å². The Balaban J connectivity index is 1.88. The first kappa shape index (κ1) is 16.5. The number of aryl methyl sites for hydroxylation is 1. The van der Waals surface area contributed by atoms with Crippen molar-refractivity contribution in [2.45, 2.75) is 19.9 Å². The molecule has 1 N–H and O–H groups in total. The molecule has 7 heteroatoms. The normalized spacial score (nSPS) is 18.3. The number of rotatable bonds is 6. The Bertz CT molecular complexity index is 540. The fraction of sp³-hybridized carbons (Fsp3) is 0.667. The van der Waals surface area contributed by atoms with E-state index in [9.17, 15) is 9.59 Å². The molecule has 1 aliphatic rings. The van der Waals surface area contributed by atoms with Gasteiger partial charge in [0.25, 0.3) is 0 Å². The molecule has 0 radical (unpaired) electrons. The Kier molecular flexibility index (Phi) is 5.18. The highest BCUT2D eigenvalue weighted by Crippen LogP contribution is 2.20. The van der Waals surface area contributed by atoms with Crippen LogP contribution in [0.5, 0.6) is 0 Å². The Labute approximate surface area is 131 Å². The molecule has 1 saturated heterocycles. The van der Waals surface area contributed by atoms with Gasteiger partial charge in [0.05, 0.1) is 18.2 Å². The molecular formula is C15H25N5O2. The van der Waals surface area contributed by atoms with Crippen molar-refractivity contribution in [3.63, 3.8) is 0 Å². The average Bonchev–Trinajstić information content (AvgIpc) is 3.01. The van der Waals surface area contributed by atoms with Crippen LogP contribution in [0.25, 0.3) is 0 Å². The van der Waals surface area contributed by atoms with Crippen molar-refractivity contribution < 1.29 is 9.59 Å². The lowest BCUT2D eigenvalue weighted by Crippen LogP contribution is -2.36. The third kappa shape index (κ3) is 4.07. The molecule has 1 atom stereocenters. The maximum atomic E-state index is 12.5. The van der Waals surface area contributed by atoms with Gasteiger partial charge in [0.15, 0.2) is 0 Å². The summed E-state index contributed by atoms with van der Waals surface area (Å²) in [5.74, 6) is -0.148. The summed E-state index contributed by atoms with van der Waals surface area (Å²) >= 11 is 0. The van der Waals surface area contributed by atoms with E-state index in [0.29, 0.717) is 26.1 Å². The Morgan fingerprint density at radius 2 is 2.18 bits per heavy atom. The molecule has 22 heavy (non-hydrogen) atoms. The van der Waals surface area contributed by atoms with Gasteiger partial charge < -0.3 is 14.7 Å². The number of hydrogen-bond acceptors (Lipinski definition) is 4. The molecule has 7 nitrogen and oxygen atoms in total. The highest BCUT2D eigenvalue weighted by molar-refractivity contribution is 5.89. The maximum Gasteiger partial charge on any atom is 0.228 e. The van der Waals surface area contributed by atoms with E-state index in [-0.39, 0.29) is 17.7 Å². The number of amides is 2. The van der Waals surface area contributed by atoms with Gasteiger partial charge in [-0.3, -0.25) is 14.7 Å². The van der Waals surface area contributed by atoms with Crippen molar-refractivity contribution in [1.82, 2.24) is 24.9 Å². The van der Waals surface area contributed by atoms with Gasteiger partial charge in [-0.05, 0) is 27.1 Å². The summed E-state index contributed by atoms with van der Waals surface area (Å²) in [5, 5.41) is 7.01. The molecule has 1 aromatic rings. The quantitative estimate of drug-likeness (QED) is 0.808. The molecule has 2 heterocycles. The van der Waals surface area contributed by atoms with Gasteiger partial charge in [-0.2, -0.15) is 5.10 Å². The molecule has 1 aromatic heterocycles. The summed E-state index contributed by atoms with van der Waals surface area (Å²) < 4.78 is 0. The Morgan fingerprint density at radius 1 is 1.45 bits per heavy atom. The SMILES string of the molecule is Cc1cc(CN(C)C(=O)C2CC(=O)N(CCN(C)C)C2)n[nH]1. The fourth-order valence-corrected chi connectivity index (χ4v) is 2.66. The van der Waals surface area contributed by atoms with Crippen molar-refractivity contribution in [3.05, 3.63) is 17.5 Å². The zero-order valence-corrected chi connectivity index (χ0v) is 13.8. The van der Waals surface area contributed by atoms with Gasteiger partial charge in [0.2, 0.25) is 11.8 Å². The van der Waals surface area contributed by atoms with Crippen LogP contribution in [0.3, 0.4) is 0 Å². The molecule has 2 amide bonds. The number of nitrogens with one attached hydrogen (secondary N) is 1. The molecule has 0 aliphatic carbocycles. The van der Waals surface area contributed by atoms with Crippen LogP contribution in [0.4, 0.5) is 0 Å². The van der Waals surface area contributed by atoms with Crippen LogP contribution >= 0.6 is 0 Å². The zero-order chi connectivity index (χ0) is 16.3. The standard InChI is InChI=1S/C15H25N5O2/c1-11-7-13(17-16-11)10-19(4)15(22)12-8-14(21)20(9-12)6-5-18(2)3/h7,12H,5-6,8-10H2,1-4H3,(H,16,17). The van der Waals surface area contributed by atoms with Crippen molar-refractivity contribution in [1.29, 1.82) is 0 Å². The van der Waals surface area contributed by atoms with Crippen LogP contribution in [0.15, 0.2) is 6.07 Å². The monoisotopic (exact) mass is 307 g/mol. The van der Waals surface area contributed by atoms with E-state index >= 15 is 0 Å². The minimum absolute atomic E-state index is 0.0151. The van der Waals surface area contributed by atoms with Gasteiger partial charge in [-0.1, -0.05) is 0 Å². The van der Waals surface area contributed by atoms with Gasteiger partial charge in [0, 0.05) is 38.8 Å². The van der Waals surface area contributed by atoms with E-state index in [2.05, 4.69) is 10.2 Å². The maximum absolute atomic E-state index is 12.5. The van der Waals surface area contributed by atoms with Crippen molar-refractivity contribution >= 4 is 11.8 Å². The lowest BCUT2D eigenvalue weighted by Gasteiger charge is -2.21. The minimum Gasteiger partial charge on any atom is -0.341 e. The third-order valence-corrected chi connectivity index (χ3v) is 3.92. The Hall–Kier alpha value is -1.89. The van der Waals surface area contributed by atoms with E-state index in [1.807, 2.05) is 32.0 Å². The summed E-state index contributed by atoms with van der Waals surface area (Å²) in [4.78, 5) is 30.0. The number of H-pyrrole nitrogens is 1. The molecule has 0 spiro atoms. The molecule has 0 saturated carbocycles. The number of aromatic nitrogens is 2. The molecule has 2 rings (SSSR count). The number of likely N-dealkylation sites (N-methyl/N-ethyl adjacent to an activating group) is 1. The number of nitrogens with zero attached hydrogens (tertiary/aromatic N) is 4. The molecule has 122 valence electrons. The largest absolute Gasteiger partial charge is 0.341 e. The second kappa shape index (κ2) is 6.91. The number of likely N-dealkylation sites (tertiary alicyclic amines) is 1. The summed E-state index contributed by atoms with van der Waals surface area (Å²) in [7, 11) is 5.71. The fourth-order valence-electron chi connectivity index (χ4n) is 2.66. The van der Waals surface area contributed by atoms with Crippen LogP contribution in [0.2, 0.25) is 0 Å². The minimum atomic E-state index is -0.236. The highest BCUT2D eigenvalue weighted by Gasteiger charge is 2.35. The second-order valence-electron chi connectivity index (χ2n) is 6.28. The molecule has 1 unspecified atom stereocenters. The first-order valence-electron chi connectivity index (χ1n) is 7.55. The van der Waals surface area contributed by atoms with Crippen molar-refractivity contribution in [3.8, 4) is 0 Å². The van der Waals surface area contributed by atoms with Crippen LogP contribution in [0.1, 0.15) is 17.8 Å². The van der Waals surface area contributed by atoms with Crippen LogP contribution < -0.4 is 0 Å². The number of aromatic amines is 1. The summed E-state index contributed by atoms with van der Waals surface area (Å²) in [6.45, 7) is 4.41. The number of hydrogen-bond donors (Lipinski definition) is 1. The van der Waals surface area contributed by atoms with E-state index in [4.69, 9.17) is 0 Å². The lowest BCUT2D eigenvalue weighted by atomic mass is 10.1. The average molecular weight is 307 g/mol. The van der Waals surface area contributed by atoms with Crippen LogP contribution in [0, 0.1) is 12.8 Å². The molecule has 1 fully saturated rings. The number of carbonyl (C=O) groups is 2. The summed E-state index contributed by atoms with van der Waals surface area (Å²) in [6, 6.07) is 1.92. The first-order chi connectivity index (χ1) is 10.4. The van der Waals surface area contributed by atoms with Gasteiger partial charge >= 0.3 is 0 Å². The van der Waals surface area contributed by atoms with Crippen molar-refractivity contribution in [2.24, 2.45) is 5.92 Å². The topological polar surface area (TPSA) is 72.5 Å². The second-order valence-corrected chi connectivity index (χ2v) is 6.28. The number of carbonyl (C=O) groups excluding carboxylic acids is 2. The van der Waals surface area contributed by atoms with E-state index in [1.165, 1.54) is 0 Å². The molecular weight excluding hydrogens is 282 g/mol. The first-order valence-corrected chi connectivity index (χ1v) is 7.55. The van der Waals surface area contributed by atoms with Gasteiger partial charge in [-0.15, -0.1) is 0 Å². The Morgan fingerprint density at radius 3 is 2.77 bits per heavy atom. The lowest BCUT2D eigenvalue weighted by molar-refractivity contribution is -0.135. The van der Waals surface area contributed by atoms with E-state index in [1.54, 1.807) is 16.8 Å². The summed E-state index contributed by atoms with van der Waals surface area (Å²) in [5.41, 5.74) is 1.81. The molecule has 0 bridgehead atoms. The van der Waals surface area contributed by atoms with Gasteiger partial charge in [-0.25, -0.2) is 0 Å². The molecule has 1 aliphatic heterocycles. The van der Waals surface area contributed by atoms with E-state index in [0.717, 1.165) is 17.9 Å². The van der Waals surface area contributed by atoms with E-state index < -0.39 is 0 Å². The third-order valence-electron chi connectivity index (χ3n) is 3.92. The van der Waals surface area contributed by atoms with Gasteiger partial charge in [0.1, 0.15) is 0 Å².